The van der Waals surface area contributed by atoms with E-state index in [0.29, 0.717) is 16.3 Å². The Kier molecular flexibility index (Phi) is 5.38. The van der Waals surface area contributed by atoms with Gasteiger partial charge in [-0.05, 0) is 23.8 Å². The Morgan fingerprint density at radius 1 is 1.23 bits per heavy atom. The second kappa shape index (κ2) is 7.47. The van der Waals surface area contributed by atoms with Gasteiger partial charge < -0.3 is 15.3 Å². The van der Waals surface area contributed by atoms with Gasteiger partial charge in [-0.2, -0.15) is 0 Å². The summed E-state index contributed by atoms with van der Waals surface area (Å²) in [4.78, 5) is 16.2. The second-order valence-corrected chi connectivity index (χ2v) is 4.83. The number of nitrogens with zero attached hydrogens (tertiary/aromatic N) is 1. The number of carbonyl (C=O) groups excluding carboxylic acids is 1. The first-order valence-electron chi connectivity index (χ1n) is 6.49. The van der Waals surface area contributed by atoms with Gasteiger partial charge in [0.25, 0.3) is 5.91 Å². The van der Waals surface area contributed by atoms with Crippen molar-refractivity contribution in [1.29, 1.82) is 0 Å². The Balaban J connectivity index is 2.25. The maximum Gasteiger partial charge on any atom is 0.271 e. The minimum absolute atomic E-state index is 0.0489. The number of hydrogen-bond acceptors (Lipinski definition) is 4. The van der Waals surface area contributed by atoms with Gasteiger partial charge >= 0.3 is 0 Å². The normalized spacial score (nSPS) is 11.1. The highest BCUT2D eigenvalue weighted by Crippen LogP contribution is 2.19. The Hall–Kier alpha value is -2.53. The number of oxime groups is 1. The maximum atomic E-state index is 11.5. The summed E-state index contributed by atoms with van der Waals surface area (Å²) in [7, 11) is 1.36. The van der Waals surface area contributed by atoms with E-state index < -0.39 is 5.91 Å². The van der Waals surface area contributed by atoms with Crippen LogP contribution in [0.2, 0.25) is 5.02 Å². The quantitative estimate of drug-likeness (QED) is 0.657. The molecule has 0 aliphatic heterocycles. The SMILES string of the molecule is CO/N=C(/C(N)=O)c1ccccc1COc1cccc(Cl)c1. The smallest absolute Gasteiger partial charge is 0.271 e. The zero-order valence-corrected chi connectivity index (χ0v) is 12.7. The van der Waals surface area contributed by atoms with E-state index in [-0.39, 0.29) is 12.3 Å². The monoisotopic (exact) mass is 318 g/mol. The number of rotatable bonds is 6. The van der Waals surface area contributed by atoms with Gasteiger partial charge in [0.05, 0.1) is 0 Å². The molecule has 2 aromatic carbocycles. The first-order valence-corrected chi connectivity index (χ1v) is 6.87. The van der Waals surface area contributed by atoms with Gasteiger partial charge in [-0.3, -0.25) is 4.79 Å². The van der Waals surface area contributed by atoms with Crippen molar-refractivity contribution in [2.45, 2.75) is 6.61 Å². The summed E-state index contributed by atoms with van der Waals surface area (Å²) >= 11 is 5.91. The first kappa shape index (κ1) is 15.9. The number of hydrogen-bond donors (Lipinski definition) is 1. The van der Waals surface area contributed by atoms with Crippen molar-refractivity contribution in [1.82, 2.24) is 0 Å². The summed E-state index contributed by atoms with van der Waals surface area (Å²) < 4.78 is 5.69. The van der Waals surface area contributed by atoms with Gasteiger partial charge in [0.15, 0.2) is 5.71 Å². The van der Waals surface area contributed by atoms with Crippen LogP contribution < -0.4 is 10.5 Å². The van der Waals surface area contributed by atoms with E-state index in [1.54, 1.807) is 36.4 Å². The van der Waals surface area contributed by atoms with Gasteiger partial charge in [0.1, 0.15) is 19.5 Å². The summed E-state index contributed by atoms with van der Waals surface area (Å²) in [6.45, 7) is 0.243. The number of primary amides is 1. The first-order chi connectivity index (χ1) is 10.6. The predicted octanol–water partition coefficient (Wildman–Crippen LogP) is 2.75. The molecule has 0 saturated heterocycles. The molecule has 0 atom stereocenters. The highest BCUT2D eigenvalue weighted by Gasteiger charge is 2.15. The Morgan fingerprint density at radius 3 is 2.68 bits per heavy atom. The van der Waals surface area contributed by atoms with E-state index in [4.69, 9.17) is 22.1 Å². The lowest BCUT2D eigenvalue weighted by molar-refractivity contribution is -0.112. The van der Waals surface area contributed by atoms with E-state index in [1.165, 1.54) is 7.11 Å². The van der Waals surface area contributed by atoms with Crippen LogP contribution in [0.1, 0.15) is 11.1 Å². The predicted molar refractivity (Wildman–Crippen MR) is 85.0 cm³/mol. The van der Waals surface area contributed by atoms with Crippen LogP contribution >= 0.6 is 11.6 Å². The molecule has 0 fully saturated rings. The third-order valence-electron chi connectivity index (χ3n) is 2.88. The summed E-state index contributed by atoms with van der Waals surface area (Å²) in [5, 5.41) is 4.28. The molecule has 2 N–H and O–H groups in total. The number of benzene rings is 2. The molecule has 0 spiro atoms. The molecule has 0 unspecified atom stereocenters. The van der Waals surface area contributed by atoms with E-state index in [1.807, 2.05) is 12.1 Å². The van der Waals surface area contributed by atoms with E-state index >= 15 is 0 Å². The number of amides is 1. The number of halogens is 1. The molecule has 0 radical (unpaired) electrons. The van der Waals surface area contributed by atoms with Crippen molar-refractivity contribution < 1.29 is 14.4 Å². The van der Waals surface area contributed by atoms with Gasteiger partial charge in [-0.25, -0.2) is 0 Å². The second-order valence-electron chi connectivity index (χ2n) is 4.39. The number of ether oxygens (including phenoxy) is 1. The molecule has 0 aromatic heterocycles. The van der Waals surface area contributed by atoms with Crippen molar-refractivity contribution >= 4 is 23.2 Å². The van der Waals surface area contributed by atoms with Crippen molar-refractivity contribution in [2.24, 2.45) is 10.9 Å². The molecule has 1 amide bonds. The fraction of sp³-hybridized carbons (Fsp3) is 0.125. The molecule has 2 aromatic rings. The standard InChI is InChI=1S/C16H15ClN2O3/c1-21-19-15(16(18)20)14-8-3-2-5-11(14)10-22-13-7-4-6-12(17)9-13/h2-9H,10H2,1H3,(H2,18,20)/b19-15+. The van der Waals surface area contributed by atoms with Crippen LogP contribution in [0.3, 0.4) is 0 Å². The molecular formula is C16H15ClN2O3. The summed E-state index contributed by atoms with van der Waals surface area (Å²) in [6, 6.07) is 14.3. The zero-order valence-electron chi connectivity index (χ0n) is 12.0. The molecule has 0 aliphatic rings. The van der Waals surface area contributed by atoms with Gasteiger partial charge in [0.2, 0.25) is 0 Å². The van der Waals surface area contributed by atoms with Crippen molar-refractivity contribution in [3.8, 4) is 5.75 Å². The average Bonchev–Trinajstić information content (AvgIpc) is 2.51. The van der Waals surface area contributed by atoms with Crippen molar-refractivity contribution in [3.05, 3.63) is 64.7 Å². The van der Waals surface area contributed by atoms with Crippen molar-refractivity contribution in [3.63, 3.8) is 0 Å². The van der Waals surface area contributed by atoms with Crippen LogP contribution in [0.15, 0.2) is 53.7 Å². The average molecular weight is 319 g/mol. The molecule has 2 rings (SSSR count). The lowest BCUT2D eigenvalue weighted by Crippen LogP contribution is -2.25. The maximum absolute atomic E-state index is 11.5. The Bertz CT molecular complexity index is 701. The molecule has 22 heavy (non-hydrogen) atoms. The van der Waals surface area contributed by atoms with Gasteiger partial charge in [-0.1, -0.05) is 47.1 Å². The summed E-state index contributed by atoms with van der Waals surface area (Å²) in [5.41, 5.74) is 6.72. The molecule has 114 valence electrons. The topological polar surface area (TPSA) is 73.9 Å². The number of nitrogens with two attached hydrogens (primary N) is 1. The van der Waals surface area contributed by atoms with Crippen molar-refractivity contribution in [2.75, 3.05) is 7.11 Å². The van der Waals surface area contributed by atoms with Crippen LogP contribution in [0, 0.1) is 0 Å². The lowest BCUT2D eigenvalue weighted by Gasteiger charge is -2.11. The van der Waals surface area contributed by atoms with Crippen LogP contribution in [0.5, 0.6) is 5.75 Å². The fourth-order valence-electron chi connectivity index (χ4n) is 1.91. The Labute approximate surface area is 133 Å². The molecule has 5 nitrogen and oxygen atoms in total. The summed E-state index contributed by atoms with van der Waals surface area (Å²) in [5.74, 6) is -0.0383. The lowest BCUT2D eigenvalue weighted by atomic mass is 10.0. The molecule has 0 bridgehead atoms. The minimum Gasteiger partial charge on any atom is -0.489 e. The zero-order chi connectivity index (χ0) is 15.9. The summed E-state index contributed by atoms with van der Waals surface area (Å²) in [6.07, 6.45) is 0. The van der Waals surface area contributed by atoms with Crippen LogP contribution in [0.4, 0.5) is 0 Å². The van der Waals surface area contributed by atoms with E-state index in [2.05, 4.69) is 9.99 Å². The largest absolute Gasteiger partial charge is 0.489 e. The molecule has 6 heteroatoms. The highest BCUT2D eigenvalue weighted by molar-refractivity contribution is 6.45. The highest BCUT2D eigenvalue weighted by atomic mass is 35.5. The third kappa shape index (κ3) is 3.99. The fourth-order valence-corrected chi connectivity index (χ4v) is 2.09. The Morgan fingerprint density at radius 2 is 2.00 bits per heavy atom. The minimum atomic E-state index is -0.669. The molecule has 0 aliphatic carbocycles. The van der Waals surface area contributed by atoms with Gasteiger partial charge in [0, 0.05) is 10.6 Å². The molecular weight excluding hydrogens is 304 g/mol. The van der Waals surface area contributed by atoms with Crippen LogP contribution in [0.25, 0.3) is 0 Å². The molecule has 0 saturated carbocycles. The van der Waals surface area contributed by atoms with E-state index in [0.717, 1.165) is 5.56 Å². The van der Waals surface area contributed by atoms with Crippen LogP contribution in [-0.4, -0.2) is 18.7 Å². The van der Waals surface area contributed by atoms with E-state index in [9.17, 15) is 4.79 Å². The number of carbonyl (C=O) groups is 1. The third-order valence-corrected chi connectivity index (χ3v) is 3.11. The van der Waals surface area contributed by atoms with Crippen LogP contribution in [-0.2, 0) is 16.2 Å². The van der Waals surface area contributed by atoms with Gasteiger partial charge in [-0.15, -0.1) is 0 Å². The molecule has 0 heterocycles.